The van der Waals surface area contributed by atoms with E-state index in [9.17, 15) is 10.2 Å². The molecule has 0 spiro atoms. The van der Waals surface area contributed by atoms with E-state index in [1.165, 1.54) is 0 Å². The van der Waals surface area contributed by atoms with Crippen LogP contribution in [0.25, 0.3) is 0 Å². The van der Waals surface area contributed by atoms with Gasteiger partial charge in [-0.3, -0.25) is 0 Å². The summed E-state index contributed by atoms with van der Waals surface area (Å²) in [7, 11) is 0. The lowest BCUT2D eigenvalue weighted by atomic mass is 9.99. The molecule has 2 atom stereocenters. The lowest BCUT2D eigenvalue weighted by molar-refractivity contribution is 0.000118. The Kier molecular flexibility index (Phi) is 6.47. The highest BCUT2D eigenvalue weighted by atomic mass is 16.5. The van der Waals surface area contributed by atoms with Gasteiger partial charge in [-0.1, -0.05) is 30.3 Å². The van der Waals surface area contributed by atoms with Crippen LogP contribution in [0.4, 0.5) is 0 Å². The minimum Gasteiger partial charge on any atom is -0.396 e. The van der Waals surface area contributed by atoms with Crippen LogP contribution in [0.1, 0.15) is 18.4 Å². The number of rotatable bonds is 7. The zero-order valence-corrected chi connectivity index (χ0v) is 11.9. The quantitative estimate of drug-likeness (QED) is 0.789. The van der Waals surface area contributed by atoms with Crippen molar-refractivity contribution in [2.75, 3.05) is 32.8 Å². The van der Waals surface area contributed by atoms with Gasteiger partial charge >= 0.3 is 0 Å². The average molecular weight is 279 g/mol. The fourth-order valence-electron chi connectivity index (χ4n) is 2.70. The minimum atomic E-state index is -0.462. The number of likely N-dealkylation sites (tertiary alicyclic amines) is 1. The van der Waals surface area contributed by atoms with Gasteiger partial charge < -0.3 is 19.8 Å². The third kappa shape index (κ3) is 5.21. The molecule has 0 bridgehead atoms. The van der Waals surface area contributed by atoms with Crippen LogP contribution in [0.2, 0.25) is 0 Å². The number of hydrogen-bond acceptors (Lipinski definition) is 4. The summed E-state index contributed by atoms with van der Waals surface area (Å²) in [5.41, 5.74) is 1.12. The number of piperidine rings is 1. The van der Waals surface area contributed by atoms with Crippen LogP contribution in [0.15, 0.2) is 30.3 Å². The van der Waals surface area contributed by atoms with Gasteiger partial charge in [0.05, 0.1) is 19.3 Å². The maximum absolute atomic E-state index is 10.0. The molecule has 4 nitrogen and oxygen atoms in total. The summed E-state index contributed by atoms with van der Waals surface area (Å²) in [6.07, 6.45) is 1.73. The second kappa shape index (κ2) is 8.37. The largest absolute Gasteiger partial charge is 0.396 e. The molecule has 0 aliphatic carbocycles. The molecule has 1 heterocycles. The van der Waals surface area contributed by atoms with E-state index >= 15 is 0 Å². The maximum atomic E-state index is 10.0. The first-order chi connectivity index (χ1) is 9.78. The molecule has 1 fully saturated rings. The molecule has 2 unspecified atom stereocenters. The molecular formula is C16H25NO3. The second-order valence-electron chi connectivity index (χ2n) is 5.60. The summed E-state index contributed by atoms with van der Waals surface area (Å²) in [5, 5.41) is 19.2. The topological polar surface area (TPSA) is 52.9 Å². The van der Waals surface area contributed by atoms with E-state index in [1.807, 2.05) is 30.3 Å². The van der Waals surface area contributed by atoms with Gasteiger partial charge in [-0.25, -0.2) is 0 Å². The van der Waals surface area contributed by atoms with Gasteiger partial charge in [0.1, 0.15) is 0 Å². The molecule has 20 heavy (non-hydrogen) atoms. The van der Waals surface area contributed by atoms with Crippen LogP contribution in [0.5, 0.6) is 0 Å². The lowest BCUT2D eigenvalue weighted by Gasteiger charge is -2.33. The van der Waals surface area contributed by atoms with E-state index < -0.39 is 6.10 Å². The van der Waals surface area contributed by atoms with Crippen LogP contribution in [0, 0.1) is 5.92 Å². The van der Waals surface area contributed by atoms with E-state index in [2.05, 4.69) is 4.90 Å². The van der Waals surface area contributed by atoms with Gasteiger partial charge in [-0.15, -0.1) is 0 Å². The molecule has 0 saturated carbocycles. The molecule has 0 amide bonds. The van der Waals surface area contributed by atoms with Crippen molar-refractivity contribution in [3.63, 3.8) is 0 Å². The van der Waals surface area contributed by atoms with Crippen molar-refractivity contribution >= 4 is 0 Å². The standard InChI is InChI=1S/C16H25NO3/c18-11-15-7-4-8-17(9-15)10-16(19)13-20-12-14-5-2-1-3-6-14/h1-3,5-6,15-16,18-19H,4,7-13H2. The Bertz CT molecular complexity index is 371. The molecule has 1 aromatic carbocycles. The molecule has 1 aliphatic rings. The maximum Gasteiger partial charge on any atom is 0.0900 e. The van der Waals surface area contributed by atoms with Crippen LogP contribution in [-0.4, -0.2) is 54.1 Å². The zero-order valence-electron chi connectivity index (χ0n) is 11.9. The molecule has 0 aromatic heterocycles. The monoisotopic (exact) mass is 279 g/mol. The van der Waals surface area contributed by atoms with Gasteiger partial charge in [-0.2, -0.15) is 0 Å². The number of hydrogen-bond donors (Lipinski definition) is 2. The molecule has 1 aliphatic heterocycles. The van der Waals surface area contributed by atoms with Crippen LogP contribution in [0.3, 0.4) is 0 Å². The first-order valence-electron chi connectivity index (χ1n) is 7.41. The predicted molar refractivity (Wildman–Crippen MR) is 78.4 cm³/mol. The average Bonchev–Trinajstić information content (AvgIpc) is 2.48. The first-order valence-corrected chi connectivity index (χ1v) is 7.41. The Labute approximate surface area is 121 Å². The Morgan fingerprint density at radius 3 is 2.85 bits per heavy atom. The van der Waals surface area contributed by atoms with Gasteiger partial charge in [0, 0.05) is 19.7 Å². The summed E-state index contributed by atoms with van der Waals surface area (Å²) in [6, 6.07) is 9.98. The molecule has 1 saturated heterocycles. The Balaban J connectivity index is 1.63. The normalized spacial score (nSPS) is 21.8. The molecule has 0 radical (unpaired) electrons. The number of β-amino-alcohol motifs (C(OH)–C–C–N with tert-alkyl or cyclic N) is 1. The fraction of sp³-hybridized carbons (Fsp3) is 0.625. The SMILES string of the molecule is OCC1CCCN(CC(O)COCc2ccccc2)C1. The van der Waals surface area contributed by atoms with Crippen molar-refractivity contribution in [3.05, 3.63) is 35.9 Å². The highest BCUT2D eigenvalue weighted by molar-refractivity contribution is 5.13. The van der Waals surface area contributed by atoms with Gasteiger partial charge in [0.15, 0.2) is 0 Å². The fourth-order valence-corrected chi connectivity index (χ4v) is 2.70. The van der Waals surface area contributed by atoms with E-state index in [-0.39, 0.29) is 6.61 Å². The van der Waals surface area contributed by atoms with E-state index in [0.29, 0.717) is 25.7 Å². The summed E-state index contributed by atoms with van der Waals surface area (Å²) >= 11 is 0. The van der Waals surface area contributed by atoms with Crippen molar-refractivity contribution in [1.82, 2.24) is 4.90 Å². The number of aliphatic hydroxyl groups excluding tert-OH is 2. The molecule has 2 N–H and O–H groups in total. The van der Waals surface area contributed by atoms with E-state index in [0.717, 1.165) is 31.5 Å². The smallest absolute Gasteiger partial charge is 0.0900 e. The number of nitrogens with zero attached hydrogens (tertiary/aromatic N) is 1. The van der Waals surface area contributed by atoms with Crippen molar-refractivity contribution in [1.29, 1.82) is 0 Å². The number of benzene rings is 1. The summed E-state index contributed by atoms with van der Waals surface area (Å²) in [4.78, 5) is 2.22. The lowest BCUT2D eigenvalue weighted by Crippen LogP contribution is -2.42. The Morgan fingerprint density at radius 2 is 2.10 bits per heavy atom. The van der Waals surface area contributed by atoms with Gasteiger partial charge in [0.25, 0.3) is 0 Å². The number of ether oxygens (including phenoxy) is 1. The number of aliphatic hydroxyl groups is 2. The van der Waals surface area contributed by atoms with Crippen molar-refractivity contribution in [2.45, 2.75) is 25.6 Å². The van der Waals surface area contributed by atoms with Crippen molar-refractivity contribution < 1.29 is 14.9 Å². The van der Waals surface area contributed by atoms with Gasteiger partial charge in [0.2, 0.25) is 0 Å². The molecule has 4 heteroatoms. The summed E-state index contributed by atoms with van der Waals surface area (Å²) < 4.78 is 5.55. The third-order valence-corrected chi connectivity index (χ3v) is 3.75. The van der Waals surface area contributed by atoms with Crippen LogP contribution >= 0.6 is 0 Å². The Morgan fingerprint density at radius 1 is 1.30 bits per heavy atom. The van der Waals surface area contributed by atoms with E-state index in [1.54, 1.807) is 0 Å². The third-order valence-electron chi connectivity index (χ3n) is 3.75. The highest BCUT2D eigenvalue weighted by Crippen LogP contribution is 2.15. The predicted octanol–water partition coefficient (Wildman–Crippen LogP) is 1.27. The summed E-state index contributed by atoms with van der Waals surface area (Å²) in [5.74, 6) is 0.362. The summed E-state index contributed by atoms with van der Waals surface area (Å²) in [6.45, 7) is 3.66. The Hall–Kier alpha value is -0.940. The first kappa shape index (κ1) is 15.4. The highest BCUT2D eigenvalue weighted by Gasteiger charge is 2.21. The molecule has 2 rings (SSSR count). The molecule has 1 aromatic rings. The van der Waals surface area contributed by atoms with Crippen LogP contribution < -0.4 is 0 Å². The van der Waals surface area contributed by atoms with E-state index in [4.69, 9.17) is 4.74 Å². The van der Waals surface area contributed by atoms with Crippen molar-refractivity contribution in [3.8, 4) is 0 Å². The van der Waals surface area contributed by atoms with Crippen LogP contribution in [-0.2, 0) is 11.3 Å². The van der Waals surface area contributed by atoms with Gasteiger partial charge in [-0.05, 0) is 30.9 Å². The molecule has 112 valence electrons. The zero-order chi connectivity index (χ0) is 14.2. The molecular weight excluding hydrogens is 254 g/mol. The minimum absolute atomic E-state index is 0.247. The second-order valence-corrected chi connectivity index (χ2v) is 5.60. The van der Waals surface area contributed by atoms with Crippen molar-refractivity contribution in [2.24, 2.45) is 5.92 Å².